The van der Waals surface area contributed by atoms with Gasteiger partial charge in [0.2, 0.25) is 10.0 Å². The fraction of sp³-hybridized carbons (Fsp3) is 0.0952. The number of hydrogen-bond acceptors (Lipinski definition) is 4. The quantitative estimate of drug-likeness (QED) is 0.680. The summed E-state index contributed by atoms with van der Waals surface area (Å²) in [5, 5.41) is 2.78. The van der Waals surface area contributed by atoms with E-state index >= 15 is 0 Å². The van der Waals surface area contributed by atoms with Gasteiger partial charge in [0.25, 0.3) is 5.91 Å². The highest BCUT2D eigenvalue weighted by atomic mass is 32.2. The van der Waals surface area contributed by atoms with Crippen molar-refractivity contribution >= 4 is 27.3 Å². The Hall–Kier alpha value is -3.32. The number of benzene rings is 3. The minimum Gasteiger partial charge on any atom is -0.457 e. The van der Waals surface area contributed by atoms with Crippen LogP contribution < -0.4 is 14.4 Å². The molecule has 1 N–H and O–H groups in total. The second-order valence-corrected chi connectivity index (χ2v) is 8.16. The zero-order valence-electron chi connectivity index (χ0n) is 15.5. The molecular formula is C21H20N2O4S. The van der Waals surface area contributed by atoms with Crippen LogP contribution >= 0.6 is 0 Å². The number of carbonyl (C=O) groups excluding carboxylic acids is 1. The Balaban J connectivity index is 1.75. The standard InChI is InChI=1S/C21H20N2O4S/c1-23(28(2,25)26)20-11-7-6-10-19(20)21(24)22-16-12-14-18(15-13-16)27-17-8-4-3-5-9-17/h3-15H,1-2H3,(H,22,24). The third kappa shape index (κ3) is 4.69. The van der Waals surface area contributed by atoms with Crippen LogP contribution in [-0.2, 0) is 10.0 Å². The van der Waals surface area contributed by atoms with E-state index in [2.05, 4.69) is 5.32 Å². The van der Waals surface area contributed by atoms with Gasteiger partial charge in [-0.25, -0.2) is 8.42 Å². The Morgan fingerprint density at radius 3 is 2.07 bits per heavy atom. The molecule has 3 aromatic carbocycles. The first-order valence-electron chi connectivity index (χ1n) is 8.52. The number of sulfonamides is 1. The average molecular weight is 396 g/mol. The van der Waals surface area contributed by atoms with Crippen LogP contribution in [0.2, 0.25) is 0 Å². The molecule has 0 aliphatic carbocycles. The van der Waals surface area contributed by atoms with Crippen LogP contribution in [0.1, 0.15) is 10.4 Å². The number of ether oxygens (including phenoxy) is 1. The molecule has 3 rings (SSSR count). The van der Waals surface area contributed by atoms with E-state index in [1.165, 1.54) is 7.05 Å². The van der Waals surface area contributed by atoms with E-state index in [-0.39, 0.29) is 5.56 Å². The number of amides is 1. The normalized spacial score (nSPS) is 10.9. The molecule has 7 heteroatoms. The van der Waals surface area contributed by atoms with Gasteiger partial charge in [-0.05, 0) is 48.5 Å². The number of carbonyl (C=O) groups is 1. The van der Waals surface area contributed by atoms with Crippen molar-refractivity contribution in [2.75, 3.05) is 22.9 Å². The van der Waals surface area contributed by atoms with E-state index in [0.29, 0.717) is 17.1 Å². The maximum atomic E-state index is 12.7. The van der Waals surface area contributed by atoms with Crippen molar-refractivity contribution in [2.45, 2.75) is 0 Å². The Bertz CT molecular complexity index is 1070. The summed E-state index contributed by atoms with van der Waals surface area (Å²) < 4.78 is 30.5. The van der Waals surface area contributed by atoms with Crippen molar-refractivity contribution in [1.29, 1.82) is 0 Å². The van der Waals surface area contributed by atoms with Gasteiger partial charge in [-0.15, -0.1) is 0 Å². The molecule has 0 saturated heterocycles. The summed E-state index contributed by atoms with van der Waals surface area (Å²) in [6.45, 7) is 0. The predicted octanol–water partition coefficient (Wildman–Crippen LogP) is 4.13. The van der Waals surface area contributed by atoms with Crippen molar-refractivity contribution in [3.8, 4) is 11.5 Å². The zero-order valence-corrected chi connectivity index (χ0v) is 16.3. The molecule has 144 valence electrons. The Labute approximate surface area is 164 Å². The van der Waals surface area contributed by atoms with Gasteiger partial charge in [-0.2, -0.15) is 0 Å². The summed E-state index contributed by atoms with van der Waals surface area (Å²) in [4.78, 5) is 12.7. The third-order valence-corrected chi connectivity index (χ3v) is 5.27. The highest BCUT2D eigenvalue weighted by Gasteiger charge is 2.19. The smallest absolute Gasteiger partial charge is 0.257 e. The number of rotatable bonds is 6. The van der Waals surface area contributed by atoms with Crippen LogP contribution in [0.5, 0.6) is 11.5 Å². The van der Waals surface area contributed by atoms with Crippen LogP contribution in [0, 0.1) is 0 Å². The summed E-state index contributed by atoms with van der Waals surface area (Å²) in [7, 11) is -2.07. The first kappa shape index (κ1) is 19.4. The van der Waals surface area contributed by atoms with Gasteiger partial charge in [0.1, 0.15) is 11.5 Å². The van der Waals surface area contributed by atoms with Crippen molar-refractivity contribution in [3.63, 3.8) is 0 Å². The number of nitrogens with zero attached hydrogens (tertiary/aromatic N) is 1. The summed E-state index contributed by atoms with van der Waals surface area (Å²) in [5.41, 5.74) is 1.15. The fourth-order valence-corrected chi connectivity index (χ4v) is 3.06. The Kier molecular flexibility index (Phi) is 5.65. The highest BCUT2D eigenvalue weighted by molar-refractivity contribution is 7.92. The molecule has 1 amide bonds. The maximum Gasteiger partial charge on any atom is 0.257 e. The molecule has 0 heterocycles. The lowest BCUT2D eigenvalue weighted by Gasteiger charge is -2.19. The van der Waals surface area contributed by atoms with Gasteiger partial charge < -0.3 is 10.1 Å². The summed E-state index contributed by atoms with van der Waals surface area (Å²) in [5.74, 6) is 0.960. The lowest BCUT2D eigenvalue weighted by molar-refractivity contribution is 0.102. The van der Waals surface area contributed by atoms with Crippen molar-refractivity contribution in [1.82, 2.24) is 0 Å². The van der Waals surface area contributed by atoms with E-state index < -0.39 is 15.9 Å². The van der Waals surface area contributed by atoms with Gasteiger partial charge in [0, 0.05) is 12.7 Å². The average Bonchev–Trinajstić information content (AvgIpc) is 2.69. The molecule has 0 fully saturated rings. The molecule has 0 unspecified atom stereocenters. The van der Waals surface area contributed by atoms with Gasteiger partial charge in [-0.3, -0.25) is 9.10 Å². The number of hydrogen-bond donors (Lipinski definition) is 1. The SMILES string of the molecule is CN(c1ccccc1C(=O)Nc1ccc(Oc2ccccc2)cc1)S(C)(=O)=O. The summed E-state index contributed by atoms with van der Waals surface area (Å²) in [6.07, 6.45) is 1.09. The molecule has 0 aliphatic heterocycles. The Morgan fingerprint density at radius 2 is 1.43 bits per heavy atom. The van der Waals surface area contributed by atoms with E-state index in [4.69, 9.17) is 4.74 Å². The maximum absolute atomic E-state index is 12.7. The minimum atomic E-state index is -3.48. The molecule has 28 heavy (non-hydrogen) atoms. The molecule has 0 bridgehead atoms. The van der Waals surface area contributed by atoms with Gasteiger partial charge in [0.05, 0.1) is 17.5 Å². The molecule has 0 radical (unpaired) electrons. The molecular weight excluding hydrogens is 376 g/mol. The summed E-state index contributed by atoms with van der Waals surface area (Å²) >= 11 is 0. The lowest BCUT2D eigenvalue weighted by atomic mass is 10.1. The summed E-state index contributed by atoms with van der Waals surface area (Å²) in [6, 6.07) is 22.9. The molecule has 0 aliphatic rings. The van der Waals surface area contributed by atoms with Crippen molar-refractivity contribution in [3.05, 3.63) is 84.4 Å². The topological polar surface area (TPSA) is 75.7 Å². The third-order valence-electron chi connectivity index (χ3n) is 4.08. The van der Waals surface area contributed by atoms with Crippen LogP contribution in [0.3, 0.4) is 0 Å². The van der Waals surface area contributed by atoms with Crippen molar-refractivity contribution < 1.29 is 17.9 Å². The second-order valence-electron chi connectivity index (χ2n) is 6.14. The molecule has 6 nitrogen and oxygen atoms in total. The van der Waals surface area contributed by atoms with E-state index in [0.717, 1.165) is 16.3 Å². The fourth-order valence-electron chi connectivity index (χ4n) is 2.55. The minimum absolute atomic E-state index is 0.264. The Morgan fingerprint density at radius 1 is 0.857 bits per heavy atom. The van der Waals surface area contributed by atoms with Crippen molar-refractivity contribution in [2.24, 2.45) is 0 Å². The van der Waals surface area contributed by atoms with E-state index in [1.807, 2.05) is 30.3 Å². The van der Waals surface area contributed by atoms with Crippen LogP contribution in [0.4, 0.5) is 11.4 Å². The first-order chi connectivity index (χ1) is 13.3. The molecule has 0 spiro atoms. The monoisotopic (exact) mass is 396 g/mol. The largest absolute Gasteiger partial charge is 0.457 e. The molecule has 0 saturated carbocycles. The van der Waals surface area contributed by atoms with Crippen LogP contribution in [0.25, 0.3) is 0 Å². The van der Waals surface area contributed by atoms with Crippen LogP contribution in [-0.4, -0.2) is 27.6 Å². The number of anilines is 2. The predicted molar refractivity (Wildman–Crippen MR) is 111 cm³/mol. The molecule has 3 aromatic rings. The van der Waals surface area contributed by atoms with E-state index in [1.54, 1.807) is 48.5 Å². The van der Waals surface area contributed by atoms with Gasteiger partial charge in [0.15, 0.2) is 0 Å². The lowest BCUT2D eigenvalue weighted by Crippen LogP contribution is -2.27. The number of para-hydroxylation sites is 2. The van der Waals surface area contributed by atoms with E-state index in [9.17, 15) is 13.2 Å². The first-order valence-corrected chi connectivity index (χ1v) is 10.4. The van der Waals surface area contributed by atoms with Crippen LogP contribution in [0.15, 0.2) is 78.9 Å². The second kappa shape index (κ2) is 8.14. The zero-order chi connectivity index (χ0) is 20.1. The molecule has 0 aromatic heterocycles. The van der Waals surface area contributed by atoms with Gasteiger partial charge >= 0.3 is 0 Å². The molecule has 0 atom stereocenters. The highest BCUT2D eigenvalue weighted by Crippen LogP contribution is 2.25. The number of nitrogens with one attached hydrogen (secondary N) is 1. The van der Waals surface area contributed by atoms with Gasteiger partial charge in [-0.1, -0.05) is 30.3 Å².